The maximum atomic E-state index is 12.0. The number of rotatable bonds is 3. The second-order valence-corrected chi connectivity index (χ2v) is 7.24. The summed E-state index contributed by atoms with van der Waals surface area (Å²) in [4.78, 5) is 25.6. The Kier molecular flexibility index (Phi) is 4.46. The first kappa shape index (κ1) is 14.3. The highest BCUT2D eigenvalue weighted by Crippen LogP contribution is 2.24. The molecule has 1 aliphatic rings. The number of hydrogen-bond donors (Lipinski definition) is 2. The monoisotopic (exact) mass is 346 g/mol. The van der Waals surface area contributed by atoms with Crippen LogP contribution in [-0.2, 0) is 11.3 Å². The Morgan fingerprint density at radius 3 is 2.79 bits per heavy atom. The lowest BCUT2D eigenvalue weighted by Crippen LogP contribution is -2.38. The number of likely N-dealkylation sites (tertiary alicyclic amines) is 1. The van der Waals surface area contributed by atoms with E-state index in [1.165, 1.54) is 0 Å². The Labute approximate surface area is 123 Å². The van der Waals surface area contributed by atoms with Crippen molar-refractivity contribution in [2.45, 2.75) is 13.5 Å². The van der Waals surface area contributed by atoms with Crippen molar-refractivity contribution in [1.82, 2.24) is 10.2 Å². The van der Waals surface area contributed by atoms with Gasteiger partial charge in [0.1, 0.15) is 0 Å². The molecule has 0 spiro atoms. The molecule has 2 amide bonds. The number of nitrogens with zero attached hydrogens (tertiary/aromatic N) is 1. The Bertz CT molecular complexity index is 491. The number of nitrogens with one attached hydrogen (secondary N) is 1. The fraction of sp³-hybridized carbons (Fsp3) is 0.500. The summed E-state index contributed by atoms with van der Waals surface area (Å²) < 4.78 is 1.03. The Hall–Kier alpha value is -1.08. The second-order valence-electron chi connectivity index (χ2n) is 4.69. The zero-order valence-corrected chi connectivity index (χ0v) is 12.8. The SMILES string of the molecule is C[C@@H]1CN(C(=O)NCc2ccc(Br)s2)C[C@H]1C(=O)O. The summed E-state index contributed by atoms with van der Waals surface area (Å²) in [5.74, 6) is -1.29. The quantitative estimate of drug-likeness (QED) is 0.882. The molecule has 1 aromatic rings. The molecule has 0 aliphatic carbocycles. The van der Waals surface area contributed by atoms with Gasteiger partial charge in [-0.3, -0.25) is 4.79 Å². The summed E-state index contributed by atoms with van der Waals surface area (Å²) in [7, 11) is 0. The van der Waals surface area contributed by atoms with Gasteiger partial charge < -0.3 is 15.3 Å². The summed E-state index contributed by atoms with van der Waals surface area (Å²) in [6.07, 6.45) is 0. The molecule has 0 saturated carbocycles. The second kappa shape index (κ2) is 5.92. The first-order valence-electron chi connectivity index (χ1n) is 5.97. The van der Waals surface area contributed by atoms with Crippen molar-refractivity contribution in [3.63, 3.8) is 0 Å². The van der Waals surface area contributed by atoms with Gasteiger partial charge in [-0.1, -0.05) is 6.92 Å². The van der Waals surface area contributed by atoms with Crippen LogP contribution in [0.3, 0.4) is 0 Å². The third kappa shape index (κ3) is 3.48. The zero-order chi connectivity index (χ0) is 14.0. The fourth-order valence-electron chi connectivity index (χ4n) is 2.18. The number of carbonyl (C=O) groups excluding carboxylic acids is 1. The molecule has 1 fully saturated rings. The summed E-state index contributed by atoms with van der Waals surface area (Å²) in [6, 6.07) is 3.69. The highest BCUT2D eigenvalue weighted by Gasteiger charge is 2.36. The molecule has 2 rings (SSSR count). The van der Waals surface area contributed by atoms with Gasteiger partial charge in [0.15, 0.2) is 0 Å². The molecule has 1 saturated heterocycles. The largest absolute Gasteiger partial charge is 0.481 e. The van der Waals surface area contributed by atoms with E-state index in [-0.39, 0.29) is 18.5 Å². The summed E-state index contributed by atoms with van der Waals surface area (Å²) >= 11 is 4.93. The van der Waals surface area contributed by atoms with E-state index in [0.29, 0.717) is 13.1 Å². The molecule has 1 aliphatic heterocycles. The number of carbonyl (C=O) groups is 2. The first-order valence-corrected chi connectivity index (χ1v) is 7.58. The van der Waals surface area contributed by atoms with Crippen LogP contribution in [-0.4, -0.2) is 35.1 Å². The third-order valence-corrected chi connectivity index (χ3v) is 4.88. The van der Waals surface area contributed by atoms with Crippen molar-refractivity contribution in [2.24, 2.45) is 11.8 Å². The lowest BCUT2D eigenvalue weighted by atomic mass is 9.99. The molecule has 2 heterocycles. The van der Waals surface area contributed by atoms with Crippen molar-refractivity contribution in [1.29, 1.82) is 0 Å². The predicted octanol–water partition coefficient (Wildman–Crippen LogP) is 2.37. The highest BCUT2D eigenvalue weighted by atomic mass is 79.9. The molecule has 0 bridgehead atoms. The molecule has 2 N–H and O–H groups in total. The molecule has 19 heavy (non-hydrogen) atoms. The van der Waals surface area contributed by atoms with E-state index in [0.717, 1.165) is 8.66 Å². The average molecular weight is 347 g/mol. The van der Waals surface area contributed by atoms with Gasteiger partial charge in [0, 0.05) is 18.0 Å². The molecule has 0 unspecified atom stereocenters. The lowest BCUT2D eigenvalue weighted by Gasteiger charge is -2.16. The van der Waals surface area contributed by atoms with Gasteiger partial charge in [-0.25, -0.2) is 4.79 Å². The van der Waals surface area contributed by atoms with Gasteiger partial charge in [-0.15, -0.1) is 11.3 Å². The van der Waals surface area contributed by atoms with Crippen LogP contribution in [0, 0.1) is 11.8 Å². The van der Waals surface area contributed by atoms with E-state index in [1.807, 2.05) is 19.1 Å². The standard InChI is InChI=1S/C12H15BrN2O3S/c1-7-5-15(6-9(7)11(16)17)12(18)14-4-8-2-3-10(13)19-8/h2-3,7,9H,4-6H2,1H3,(H,14,18)(H,16,17)/t7-,9-/m1/s1. The minimum Gasteiger partial charge on any atom is -0.481 e. The molecular formula is C12H15BrN2O3S. The summed E-state index contributed by atoms with van der Waals surface area (Å²) in [5, 5.41) is 11.8. The maximum Gasteiger partial charge on any atom is 0.317 e. The number of amides is 2. The van der Waals surface area contributed by atoms with E-state index < -0.39 is 11.9 Å². The number of carboxylic acids is 1. The summed E-state index contributed by atoms with van der Waals surface area (Å²) in [5.41, 5.74) is 0. The molecule has 0 aromatic carbocycles. The molecule has 5 nitrogen and oxygen atoms in total. The van der Waals surface area contributed by atoms with Crippen LogP contribution in [0.5, 0.6) is 0 Å². The topological polar surface area (TPSA) is 69.6 Å². The number of hydrogen-bond acceptors (Lipinski definition) is 3. The maximum absolute atomic E-state index is 12.0. The highest BCUT2D eigenvalue weighted by molar-refractivity contribution is 9.11. The number of urea groups is 1. The molecule has 7 heteroatoms. The first-order chi connectivity index (χ1) is 8.97. The number of aliphatic carboxylic acids is 1. The van der Waals surface area contributed by atoms with E-state index >= 15 is 0 Å². The van der Waals surface area contributed by atoms with Crippen LogP contribution in [0.2, 0.25) is 0 Å². The summed E-state index contributed by atoms with van der Waals surface area (Å²) in [6.45, 7) is 3.12. The Morgan fingerprint density at radius 1 is 1.53 bits per heavy atom. The number of halogens is 1. The van der Waals surface area contributed by atoms with Crippen LogP contribution in [0.15, 0.2) is 15.9 Å². The Balaban J connectivity index is 1.86. The van der Waals surface area contributed by atoms with Crippen molar-refractivity contribution in [2.75, 3.05) is 13.1 Å². The predicted molar refractivity (Wildman–Crippen MR) is 76.1 cm³/mol. The van der Waals surface area contributed by atoms with Gasteiger partial charge in [0.2, 0.25) is 0 Å². The normalized spacial score (nSPS) is 22.5. The van der Waals surface area contributed by atoms with Crippen molar-refractivity contribution >= 4 is 39.3 Å². The van der Waals surface area contributed by atoms with E-state index in [4.69, 9.17) is 5.11 Å². The van der Waals surface area contributed by atoms with E-state index in [2.05, 4.69) is 21.2 Å². The van der Waals surface area contributed by atoms with Crippen molar-refractivity contribution in [3.05, 3.63) is 20.8 Å². The average Bonchev–Trinajstić information content (AvgIpc) is 2.92. The minimum absolute atomic E-state index is 0.000803. The molecule has 0 radical (unpaired) electrons. The van der Waals surface area contributed by atoms with Crippen LogP contribution in [0.4, 0.5) is 4.79 Å². The zero-order valence-electron chi connectivity index (χ0n) is 10.4. The van der Waals surface area contributed by atoms with E-state index in [1.54, 1.807) is 16.2 Å². The van der Waals surface area contributed by atoms with Crippen molar-refractivity contribution < 1.29 is 14.7 Å². The Morgan fingerprint density at radius 2 is 2.26 bits per heavy atom. The fourth-order valence-corrected chi connectivity index (χ4v) is 3.60. The smallest absolute Gasteiger partial charge is 0.317 e. The molecule has 2 atom stereocenters. The van der Waals surface area contributed by atoms with Crippen molar-refractivity contribution in [3.8, 4) is 0 Å². The van der Waals surface area contributed by atoms with Crippen LogP contribution < -0.4 is 5.32 Å². The van der Waals surface area contributed by atoms with Gasteiger partial charge in [-0.05, 0) is 34.0 Å². The molecular weight excluding hydrogens is 332 g/mol. The molecule has 1 aromatic heterocycles. The van der Waals surface area contributed by atoms with Crippen LogP contribution in [0.1, 0.15) is 11.8 Å². The van der Waals surface area contributed by atoms with Crippen LogP contribution >= 0.6 is 27.3 Å². The third-order valence-electron chi connectivity index (χ3n) is 3.26. The minimum atomic E-state index is -0.829. The van der Waals surface area contributed by atoms with E-state index in [9.17, 15) is 9.59 Å². The number of thiophene rings is 1. The van der Waals surface area contributed by atoms with Gasteiger partial charge in [0.05, 0.1) is 16.2 Å². The molecule has 104 valence electrons. The van der Waals surface area contributed by atoms with Gasteiger partial charge in [0.25, 0.3) is 0 Å². The van der Waals surface area contributed by atoms with Gasteiger partial charge in [-0.2, -0.15) is 0 Å². The lowest BCUT2D eigenvalue weighted by molar-refractivity contribution is -0.142. The number of carboxylic acid groups (broad SMARTS) is 1. The van der Waals surface area contributed by atoms with Crippen LogP contribution in [0.25, 0.3) is 0 Å². The van der Waals surface area contributed by atoms with Gasteiger partial charge >= 0.3 is 12.0 Å².